The second kappa shape index (κ2) is 9.42. The molecule has 1 heterocycles. The summed E-state index contributed by atoms with van der Waals surface area (Å²) in [6.07, 6.45) is 2.65. The van der Waals surface area contributed by atoms with E-state index in [1.54, 1.807) is 25.1 Å². The third kappa shape index (κ3) is 5.08. The van der Waals surface area contributed by atoms with Gasteiger partial charge in [-0.15, -0.1) is 0 Å². The van der Waals surface area contributed by atoms with Gasteiger partial charge in [0.2, 0.25) is 6.33 Å². The minimum atomic E-state index is -0.689. The first-order chi connectivity index (χ1) is 15.3. The fourth-order valence-corrected chi connectivity index (χ4v) is 2.85. The first kappa shape index (κ1) is 22.0. The van der Waals surface area contributed by atoms with Crippen molar-refractivity contribution in [2.45, 2.75) is 13.5 Å². The fraction of sp³-hybridized carbons (Fsp3) is 0.158. The molecule has 13 nitrogen and oxygen atoms in total. The van der Waals surface area contributed by atoms with E-state index in [-0.39, 0.29) is 17.8 Å². The van der Waals surface area contributed by atoms with Gasteiger partial charge in [0.25, 0.3) is 11.6 Å². The van der Waals surface area contributed by atoms with Gasteiger partial charge < -0.3 is 14.9 Å². The number of amides is 1. The zero-order chi connectivity index (χ0) is 23.3. The molecule has 0 fully saturated rings. The predicted octanol–water partition coefficient (Wildman–Crippen LogP) is 2.22. The molecule has 0 aliphatic rings. The van der Waals surface area contributed by atoms with Gasteiger partial charge in [-0.25, -0.2) is 5.43 Å². The minimum Gasteiger partial charge on any atom is -0.496 e. The van der Waals surface area contributed by atoms with Gasteiger partial charge in [-0.1, -0.05) is 4.98 Å². The lowest BCUT2D eigenvalue weighted by molar-refractivity contribution is -0.394. The number of benzene rings is 2. The Morgan fingerprint density at radius 1 is 1.22 bits per heavy atom. The number of hydrogen-bond donors (Lipinski definition) is 1. The number of carbonyl (C=O) groups excluding carboxylic acids is 1. The smallest absolute Gasteiger partial charge is 0.490 e. The lowest BCUT2D eigenvalue weighted by Gasteiger charge is -2.08. The van der Waals surface area contributed by atoms with Crippen LogP contribution in [0.2, 0.25) is 0 Å². The molecule has 1 aromatic heterocycles. The average molecular weight is 439 g/mol. The van der Waals surface area contributed by atoms with Crippen molar-refractivity contribution in [2.75, 3.05) is 7.11 Å². The van der Waals surface area contributed by atoms with Gasteiger partial charge >= 0.3 is 5.95 Å². The van der Waals surface area contributed by atoms with Crippen molar-refractivity contribution < 1.29 is 19.4 Å². The molecule has 0 spiro atoms. The maximum absolute atomic E-state index is 12.2. The van der Waals surface area contributed by atoms with Crippen LogP contribution >= 0.6 is 0 Å². The number of aromatic nitrogens is 3. The first-order valence-electron chi connectivity index (χ1n) is 9.07. The van der Waals surface area contributed by atoms with E-state index in [0.29, 0.717) is 22.4 Å². The zero-order valence-corrected chi connectivity index (χ0v) is 17.0. The number of carbonyl (C=O) groups is 1. The van der Waals surface area contributed by atoms with Crippen molar-refractivity contribution >= 4 is 23.8 Å². The third-order valence-electron chi connectivity index (χ3n) is 4.36. The van der Waals surface area contributed by atoms with E-state index in [4.69, 9.17) is 4.74 Å². The lowest BCUT2D eigenvalue weighted by Crippen LogP contribution is -2.17. The lowest BCUT2D eigenvalue weighted by atomic mass is 10.1. The van der Waals surface area contributed by atoms with Crippen LogP contribution in [-0.4, -0.2) is 43.8 Å². The van der Waals surface area contributed by atoms with E-state index in [1.165, 1.54) is 42.5 Å². The molecule has 0 aliphatic carbocycles. The van der Waals surface area contributed by atoms with Crippen LogP contribution in [0.25, 0.3) is 0 Å². The Bertz CT molecular complexity index is 1220. The molecule has 164 valence electrons. The molecule has 0 radical (unpaired) electrons. The summed E-state index contributed by atoms with van der Waals surface area (Å²) >= 11 is 0. The second-order valence-corrected chi connectivity index (χ2v) is 6.53. The van der Waals surface area contributed by atoms with Gasteiger partial charge in [-0.05, 0) is 47.7 Å². The van der Waals surface area contributed by atoms with Gasteiger partial charge in [0.05, 0.1) is 24.8 Å². The van der Waals surface area contributed by atoms with E-state index in [9.17, 15) is 25.0 Å². The Morgan fingerprint density at radius 2 is 2.00 bits per heavy atom. The molecule has 1 N–H and O–H groups in total. The van der Waals surface area contributed by atoms with E-state index < -0.39 is 21.7 Å². The van der Waals surface area contributed by atoms with E-state index in [0.717, 1.165) is 0 Å². The highest BCUT2D eigenvalue weighted by Gasteiger charge is 2.15. The number of rotatable bonds is 8. The first-order valence-corrected chi connectivity index (χ1v) is 9.07. The Balaban J connectivity index is 1.72. The summed E-state index contributed by atoms with van der Waals surface area (Å²) in [6.45, 7) is 1.71. The van der Waals surface area contributed by atoms with Crippen LogP contribution in [0.4, 0.5) is 11.6 Å². The number of hydrogen-bond acceptors (Lipinski definition) is 9. The van der Waals surface area contributed by atoms with Crippen LogP contribution in [0, 0.1) is 27.2 Å². The summed E-state index contributed by atoms with van der Waals surface area (Å²) in [5.41, 5.74) is 4.16. The minimum absolute atomic E-state index is 0.0754. The second-order valence-electron chi connectivity index (χ2n) is 6.53. The number of methoxy groups -OCH3 is 1. The van der Waals surface area contributed by atoms with Crippen LogP contribution < -0.4 is 10.2 Å². The number of aryl methyl sites for hydroxylation is 1. The molecule has 2 aromatic carbocycles. The third-order valence-corrected chi connectivity index (χ3v) is 4.36. The van der Waals surface area contributed by atoms with E-state index >= 15 is 0 Å². The molecule has 3 aromatic rings. The van der Waals surface area contributed by atoms with Gasteiger partial charge in [-0.3, -0.25) is 14.9 Å². The van der Waals surface area contributed by atoms with Crippen molar-refractivity contribution in [3.63, 3.8) is 0 Å². The molecule has 0 atom stereocenters. The van der Waals surface area contributed by atoms with Crippen LogP contribution in [0.1, 0.15) is 27.0 Å². The monoisotopic (exact) mass is 439 g/mol. The predicted molar refractivity (Wildman–Crippen MR) is 112 cm³/mol. The molecule has 0 bridgehead atoms. The average Bonchev–Trinajstić information content (AvgIpc) is 3.22. The highest BCUT2D eigenvalue weighted by molar-refractivity contribution is 5.95. The molecule has 1 amide bonds. The van der Waals surface area contributed by atoms with Crippen LogP contribution in [0.5, 0.6) is 5.75 Å². The Morgan fingerprint density at radius 3 is 2.62 bits per heavy atom. The standard InChI is InChI=1S/C19H17N7O6/c1-12-7-14(4-5-16(12)25(28)29)18(27)22-21-9-13-3-6-17(32-2)15(8-13)10-24-11-20-19(23-24)26(30)31/h3-9,11H,10H2,1-2H3,(H,22,27)/b21-9+. The highest BCUT2D eigenvalue weighted by atomic mass is 16.6. The quantitative estimate of drug-likeness (QED) is 0.316. The van der Waals surface area contributed by atoms with Crippen molar-refractivity contribution in [2.24, 2.45) is 5.10 Å². The molecular formula is C19H17N7O6. The normalized spacial score (nSPS) is 10.8. The van der Waals surface area contributed by atoms with Crippen molar-refractivity contribution in [3.8, 4) is 5.75 Å². The molecule has 0 saturated heterocycles. The Hall–Kier alpha value is -4.68. The van der Waals surface area contributed by atoms with E-state index in [1.807, 2.05) is 0 Å². The van der Waals surface area contributed by atoms with Crippen molar-refractivity contribution in [1.29, 1.82) is 0 Å². The molecule has 0 unspecified atom stereocenters. The highest BCUT2D eigenvalue weighted by Crippen LogP contribution is 2.21. The Labute approximate surface area is 180 Å². The number of nitro benzene ring substituents is 1. The van der Waals surface area contributed by atoms with Crippen LogP contribution in [0.15, 0.2) is 47.8 Å². The number of nitro groups is 2. The molecule has 0 saturated carbocycles. The number of nitrogens with zero attached hydrogens (tertiary/aromatic N) is 6. The molecule has 32 heavy (non-hydrogen) atoms. The summed E-state index contributed by atoms with van der Waals surface area (Å²) in [6, 6.07) is 9.13. The summed E-state index contributed by atoms with van der Waals surface area (Å²) < 4.78 is 6.61. The Kier molecular flexibility index (Phi) is 6.48. The summed E-state index contributed by atoms with van der Waals surface area (Å²) in [7, 11) is 1.49. The largest absolute Gasteiger partial charge is 0.496 e. The van der Waals surface area contributed by atoms with Crippen molar-refractivity contribution in [3.05, 3.63) is 85.2 Å². The van der Waals surface area contributed by atoms with Gasteiger partial charge in [0, 0.05) is 27.9 Å². The van der Waals surface area contributed by atoms with Gasteiger partial charge in [0.15, 0.2) is 0 Å². The molecule has 13 heteroatoms. The number of ether oxygens (including phenoxy) is 1. The molecule has 0 aliphatic heterocycles. The topological polar surface area (TPSA) is 168 Å². The van der Waals surface area contributed by atoms with E-state index in [2.05, 4.69) is 20.6 Å². The van der Waals surface area contributed by atoms with Crippen LogP contribution in [0.3, 0.4) is 0 Å². The zero-order valence-electron chi connectivity index (χ0n) is 17.0. The van der Waals surface area contributed by atoms with Crippen LogP contribution in [-0.2, 0) is 6.54 Å². The fourth-order valence-electron chi connectivity index (χ4n) is 2.85. The van der Waals surface area contributed by atoms with Gasteiger partial charge in [0.1, 0.15) is 5.75 Å². The number of nitrogens with one attached hydrogen (secondary N) is 1. The van der Waals surface area contributed by atoms with Crippen molar-refractivity contribution in [1.82, 2.24) is 20.2 Å². The maximum Gasteiger partial charge on any atom is 0.490 e. The molecule has 3 rings (SSSR count). The van der Waals surface area contributed by atoms with Gasteiger partial charge in [-0.2, -0.15) is 9.78 Å². The maximum atomic E-state index is 12.2. The summed E-state index contributed by atoms with van der Waals surface area (Å²) in [5, 5.41) is 29.3. The molecular weight excluding hydrogens is 422 g/mol. The SMILES string of the molecule is COc1ccc(/C=N/NC(=O)c2ccc([N+](=O)[O-])c(C)c2)cc1Cn1cnc([N+](=O)[O-])n1. The summed E-state index contributed by atoms with van der Waals surface area (Å²) in [5.74, 6) is -0.500. The number of hydrazone groups is 1. The summed E-state index contributed by atoms with van der Waals surface area (Å²) in [4.78, 5) is 36.3.